The highest BCUT2D eigenvalue weighted by molar-refractivity contribution is 5.86. The Morgan fingerprint density at radius 3 is 2.39 bits per heavy atom. The van der Waals surface area contributed by atoms with Crippen LogP contribution in [-0.2, 0) is 20.4 Å². The van der Waals surface area contributed by atoms with Gasteiger partial charge < -0.3 is 4.74 Å². The molecule has 3 rings (SSSR count). The number of hydrogen-bond acceptors (Lipinski definition) is 3. The zero-order valence-electron chi connectivity index (χ0n) is 17.9. The fraction of sp³-hybridized carbons (Fsp3) is 0.440. The fourth-order valence-corrected chi connectivity index (χ4v) is 4.04. The smallest absolute Gasteiger partial charge is 0.330 e. The van der Waals surface area contributed by atoms with Crippen molar-refractivity contribution in [3.05, 3.63) is 58.8 Å². The van der Waals surface area contributed by atoms with E-state index in [-0.39, 0.29) is 16.8 Å². The second kappa shape index (κ2) is 7.54. The Morgan fingerprint density at radius 1 is 1.11 bits per heavy atom. The van der Waals surface area contributed by atoms with E-state index >= 15 is 0 Å². The van der Waals surface area contributed by atoms with Gasteiger partial charge in [0, 0.05) is 11.6 Å². The number of benzene rings is 1. The number of carbonyl (C=O) groups is 1. The third kappa shape index (κ3) is 4.04. The third-order valence-corrected chi connectivity index (χ3v) is 5.92. The summed E-state index contributed by atoms with van der Waals surface area (Å²) in [7, 11) is 0. The van der Waals surface area contributed by atoms with Crippen LogP contribution in [0.5, 0.6) is 0 Å². The van der Waals surface area contributed by atoms with E-state index in [2.05, 4.69) is 46.8 Å². The maximum Gasteiger partial charge on any atom is 0.330 e. The lowest BCUT2D eigenvalue weighted by Crippen LogP contribution is -2.34. The zero-order chi connectivity index (χ0) is 20.5. The lowest BCUT2D eigenvalue weighted by molar-refractivity contribution is -0.137. The highest BCUT2D eigenvalue weighted by Crippen LogP contribution is 2.47. The second-order valence-electron chi connectivity index (χ2n) is 9.01. The molecule has 2 aromatic rings. The Labute approximate surface area is 168 Å². The van der Waals surface area contributed by atoms with Gasteiger partial charge in [-0.25, -0.2) is 9.78 Å². The van der Waals surface area contributed by atoms with Gasteiger partial charge in [0.2, 0.25) is 0 Å². The molecule has 28 heavy (non-hydrogen) atoms. The summed E-state index contributed by atoms with van der Waals surface area (Å²) in [6.45, 7) is 13.7. The topological polar surface area (TPSA) is 39.2 Å². The van der Waals surface area contributed by atoms with Gasteiger partial charge in [-0.3, -0.25) is 0 Å². The van der Waals surface area contributed by atoms with Crippen molar-refractivity contribution < 1.29 is 9.53 Å². The predicted molar refractivity (Wildman–Crippen MR) is 115 cm³/mol. The first-order valence-electron chi connectivity index (χ1n) is 10.1. The first-order valence-corrected chi connectivity index (χ1v) is 10.1. The Balaban J connectivity index is 2.03. The number of esters is 1. The summed E-state index contributed by atoms with van der Waals surface area (Å²) in [5.41, 5.74) is 7.34. The summed E-state index contributed by atoms with van der Waals surface area (Å²) in [6, 6.07) is 10.6. The molecule has 0 fully saturated rings. The molecule has 0 radical (unpaired) electrons. The predicted octanol–water partition coefficient (Wildman–Crippen LogP) is 5.98. The second-order valence-corrected chi connectivity index (χ2v) is 9.01. The zero-order valence-corrected chi connectivity index (χ0v) is 17.9. The summed E-state index contributed by atoms with van der Waals surface area (Å²) in [6.07, 6.45) is 5.53. The fourth-order valence-electron chi connectivity index (χ4n) is 4.04. The maximum atomic E-state index is 11.6. The highest BCUT2D eigenvalue weighted by atomic mass is 16.5. The molecule has 0 unspecified atom stereocenters. The summed E-state index contributed by atoms with van der Waals surface area (Å²) in [4.78, 5) is 16.4. The van der Waals surface area contributed by atoms with Crippen LogP contribution in [0.4, 0.5) is 0 Å². The number of rotatable bonds is 4. The number of ether oxygens (including phenoxy) is 1. The average molecular weight is 378 g/mol. The molecule has 1 aliphatic rings. The van der Waals surface area contributed by atoms with E-state index in [1.54, 1.807) is 13.0 Å². The molecule has 0 amide bonds. The Bertz CT molecular complexity index is 922. The molecule has 0 aliphatic heterocycles. The number of nitrogens with zero attached hydrogens (tertiary/aromatic N) is 1. The van der Waals surface area contributed by atoms with Crippen LogP contribution < -0.4 is 0 Å². The van der Waals surface area contributed by atoms with Crippen LogP contribution in [0.1, 0.15) is 69.8 Å². The van der Waals surface area contributed by atoms with Crippen LogP contribution in [0.3, 0.4) is 0 Å². The van der Waals surface area contributed by atoms with Crippen molar-refractivity contribution in [3.8, 4) is 11.3 Å². The van der Waals surface area contributed by atoms with Gasteiger partial charge in [0.25, 0.3) is 0 Å². The van der Waals surface area contributed by atoms with E-state index in [9.17, 15) is 4.79 Å². The molecule has 1 aromatic heterocycles. The largest absolute Gasteiger partial charge is 0.463 e. The van der Waals surface area contributed by atoms with Crippen molar-refractivity contribution in [2.24, 2.45) is 0 Å². The molecule has 148 valence electrons. The molecule has 0 saturated heterocycles. The number of aryl methyl sites for hydroxylation is 1. The number of carbonyl (C=O) groups excluding carboxylic acids is 1. The summed E-state index contributed by atoms with van der Waals surface area (Å²) in [5, 5.41) is 0. The molecular formula is C25H31NO2. The van der Waals surface area contributed by atoms with Crippen LogP contribution >= 0.6 is 0 Å². The monoisotopic (exact) mass is 377 g/mol. The number of aromatic nitrogens is 1. The lowest BCUT2D eigenvalue weighted by Gasteiger charge is -2.42. The molecule has 0 bridgehead atoms. The van der Waals surface area contributed by atoms with E-state index in [0.717, 1.165) is 17.0 Å². The first-order chi connectivity index (χ1) is 13.1. The van der Waals surface area contributed by atoms with Crippen molar-refractivity contribution in [1.29, 1.82) is 0 Å². The molecule has 0 N–H and O–H groups in total. The normalized spacial score (nSPS) is 17.4. The van der Waals surface area contributed by atoms with E-state index in [1.807, 2.05) is 18.2 Å². The summed E-state index contributed by atoms with van der Waals surface area (Å²) in [5.74, 6) is -0.344. The quantitative estimate of drug-likeness (QED) is 0.486. The molecule has 3 nitrogen and oxygen atoms in total. The Hall–Kier alpha value is -2.42. The highest BCUT2D eigenvalue weighted by Gasteiger charge is 2.37. The van der Waals surface area contributed by atoms with Gasteiger partial charge in [-0.1, -0.05) is 39.8 Å². The summed E-state index contributed by atoms with van der Waals surface area (Å²) < 4.78 is 4.95. The minimum Gasteiger partial charge on any atom is -0.463 e. The standard InChI is InChI=1S/C25H31NO2/c1-7-28-23(27)12-11-18-9-8-10-22(26-18)19-16-21-20(15-17(19)2)24(3,4)13-14-25(21,5)6/h8-12,15-16H,7,13-14H2,1-6H3/b12-11+. The van der Waals surface area contributed by atoms with Gasteiger partial charge in [0.05, 0.1) is 18.0 Å². The first kappa shape index (κ1) is 20.3. The number of fused-ring (bicyclic) bond motifs is 1. The maximum absolute atomic E-state index is 11.6. The van der Waals surface area contributed by atoms with Crippen LogP contribution in [0.25, 0.3) is 17.3 Å². The molecule has 1 heterocycles. The van der Waals surface area contributed by atoms with Crippen LogP contribution in [-0.4, -0.2) is 17.6 Å². The SMILES string of the molecule is CCOC(=O)/C=C/c1cccc(-c2cc3c(cc2C)C(C)(C)CCC3(C)C)n1. The molecule has 0 spiro atoms. The van der Waals surface area contributed by atoms with Crippen LogP contribution in [0.2, 0.25) is 0 Å². The van der Waals surface area contributed by atoms with E-state index in [0.29, 0.717) is 6.61 Å². The molecule has 0 saturated carbocycles. The van der Waals surface area contributed by atoms with Gasteiger partial charge in [0.1, 0.15) is 0 Å². The average Bonchev–Trinajstić information content (AvgIpc) is 2.64. The van der Waals surface area contributed by atoms with Gasteiger partial charge in [-0.05, 0) is 78.5 Å². The van der Waals surface area contributed by atoms with E-state index in [1.165, 1.54) is 35.6 Å². The van der Waals surface area contributed by atoms with Crippen molar-refractivity contribution in [3.63, 3.8) is 0 Å². The van der Waals surface area contributed by atoms with Crippen molar-refractivity contribution >= 4 is 12.0 Å². The minimum atomic E-state index is -0.344. The van der Waals surface area contributed by atoms with Crippen molar-refractivity contribution in [2.45, 2.75) is 65.2 Å². The molecule has 0 atom stereocenters. The minimum absolute atomic E-state index is 0.161. The third-order valence-electron chi connectivity index (χ3n) is 5.92. The van der Waals surface area contributed by atoms with Crippen LogP contribution in [0, 0.1) is 6.92 Å². The van der Waals surface area contributed by atoms with Gasteiger partial charge in [0.15, 0.2) is 0 Å². The van der Waals surface area contributed by atoms with Gasteiger partial charge in [-0.2, -0.15) is 0 Å². The lowest BCUT2D eigenvalue weighted by atomic mass is 9.62. The van der Waals surface area contributed by atoms with Gasteiger partial charge >= 0.3 is 5.97 Å². The van der Waals surface area contributed by atoms with E-state index < -0.39 is 0 Å². The molecule has 3 heteroatoms. The van der Waals surface area contributed by atoms with Crippen LogP contribution in [0.15, 0.2) is 36.4 Å². The van der Waals surface area contributed by atoms with Gasteiger partial charge in [-0.15, -0.1) is 0 Å². The van der Waals surface area contributed by atoms with E-state index in [4.69, 9.17) is 9.72 Å². The molecule has 1 aliphatic carbocycles. The Kier molecular flexibility index (Phi) is 5.47. The molecular weight excluding hydrogens is 346 g/mol. The Morgan fingerprint density at radius 2 is 1.75 bits per heavy atom. The summed E-state index contributed by atoms with van der Waals surface area (Å²) >= 11 is 0. The van der Waals surface area contributed by atoms with Crippen molar-refractivity contribution in [1.82, 2.24) is 4.98 Å². The number of pyridine rings is 1. The molecule has 1 aromatic carbocycles. The number of hydrogen-bond donors (Lipinski definition) is 0. The van der Waals surface area contributed by atoms with Crippen molar-refractivity contribution in [2.75, 3.05) is 6.61 Å².